The van der Waals surface area contributed by atoms with E-state index >= 15 is 0 Å². The van der Waals surface area contributed by atoms with Crippen LogP contribution in [0.1, 0.15) is 44.9 Å². The molecule has 4 saturated carbocycles. The molecule has 2 amide bonds. The van der Waals surface area contributed by atoms with Gasteiger partial charge in [-0.15, -0.1) is 0 Å². The van der Waals surface area contributed by atoms with Crippen LogP contribution in [0.5, 0.6) is 0 Å². The zero-order chi connectivity index (χ0) is 19.8. The van der Waals surface area contributed by atoms with Gasteiger partial charge in [-0.1, -0.05) is 18.2 Å². The van der Waals surface area contributed by atoms with Crippen LogP contribution in [0, 0.1) is 23.2 Å². The van der Waals surface area contributed by atoms with Gasteiger partial charge in [0.2, 0.25) is 11.8 Å². The second kappa shape index (κ2) is 7.66. The lowest BCUT2D eigenvalue weighted by molar-refractivity contribution is -0.146. The lowest BCUT2D eigenvalue weighted by Gasteiger charge is -2.55. The van der Waals surface area contributed by atoms with Gasteiger partial charge in [-0.2, -0.15) is 0 Å². The molecule has 0 spiro atoms. The lowest BCUT2D eigenvalue weighted by atomic mass is 9.49. The number of benzene rings is 1. The third kappa shape index (κ3) is 3.76. The maximum atomic E-state index is 13.0. The van der Waals surface area contributed by atoms with E-state index in [-0.39, 0.29) is 17.2 Å². The Morgan fingerprint density at radius 1 is 0.897 bits per heavy atom. The monoisotopic (exact) mass is 395 g/mol. The summed E-state index contributed by atoms with van der Waals surface area (Å²) in [4.78, 5) is 29.9. The molecule has 4 bridgehead atoms. The standard InChI is InChI=1S/C24H33N3O2/c28-22(27-10-8-26(9-11-27)21-4-2-1-3-5-21)6-7-25-23(29)24-15-18-12-19(16-24)14-20(13-18)17-24/h1-5,18-20H,6-17H2,(H,25,29). The minimum absolute atomic E-state index is 0.112. The molecule has 29 heavy (non-hydrogen) atoms. The number of anilines is 1. The van der Waals surface area contributed by atoms with Crippen LogP contribution < -0.4 is 10.2 Å². The van der Waals surface area contributed by atoms with Crippen LogP contribution in [-0.4, -0.2) is 49.4 Å². The van der Waals surface area contributed by atoms with Gasteiger partial charge in [0.25, 0.3) is 0 Å². The molecule has 0 atom stereocenters. The Morgan fingerprint density at radius 3 is 2.07 bits per heavy atom. The summed E-state index contributed by atoms with van der Waals surface area (Å²) >= 11 is 0. The van der Waals surface area contributed by atoms with Crippen LogP contribution >= 0.6 is 0 Å². The third-order valence-corrected chi connectivity index (χ3v) is 7.90. The van der Waals surface area contributed by atoms with Gasteiger partial charge in [0.15, 0.2) is 0 Å². The summed E-state index contributed by atoms with van der Waals surface area (Å²) in [6, 6.07) is 10.4. The highest BCUT2D eigenvalue weighted by atomic mass is 16.2. The van der Waals surface area contributed by atoms with E-state index in [2.05, 4.69) is 34.5 Å². The largest absolute Gasteiger partial charge is 0.368 e. The summed E-state index contributed by atoms with van der Waals surface area (Å²) < 4.78 is 0. The summed E-state index contributed by atoms with van der Waals surface area (Å²) in [5.74, 6) is 2.72. The van der Waals surface area contributed by atoms with Gasteiger partial charge in [-0.25, -0.2) is 0 Å². The Balaban J connectivity index is 1.08. The molecule has 1 N–H and O–H groups in total. The van der Waals surface area contributed by atoms with Crippen molar-refractivity contribution in [1.29, 1.82) is 0 Å². The second-order valence-electron chi connectivity index (χ2n) is 9.91. The Morgan fingerprint density at radius 2 is 1.48 bits per heavy atom. The van der Waals surface area contributed by atoms with E-state index < -0.39 is 0 Å². The summed E-state index contributed by atoms with van der Waals surface area (Å²) in [6.45, 7) is 3.75. The number of hydrogen-bond donors (Lipinski definition) is 1. The van der Waals surface area contributed by atoms with E-state index in [0.717, 1.165) is 63.2 Å². The predicted molar refractivity (Wildman–Crippen MR) is 113 cm³/mol. The zero-order valence-electron chi connectivity index (χ0n) is 17.3. The fourth-order valence-corrected chi connectivity index (χ4v) is 6.87. The van der Waals surface area contributed by atoms with Gasteiger partial charge in [0.1, 0.15) is 0 Å². The van der Waals surface area contributed by atoms with Gasteiger partial charge in [0, 0.05) is 50.2 Å². The molecule has 5 aliphatic rings. The number of carbonyl (C=O) groups is 2. The Bertz CT molecular complexity index is 719. The Labute approximate surface area is 173 Å². The minimum atomic E-state index is -0.112. The summed E-state index contributed by atoms with van der Waals surface area (Å²) in [7, 11) is 0. The maximum absolute atomic E-state index is 13.0. The predicted octanol–water partition coefficient (Wildman–Crippen LogP) is 3.06. The highest BCUT2D eigenvalue weighted by Gasteiger charge is 2.54. The number of nitrogens with one attached hydrogen (secondary N) is 1. The molecule has 4 aliphatic carbocycles. The van der Waals surface area contributed by atoms with Crippen molar-refractivity contribution >= 4 is 17.5 Å². The molecule has 1 aromatic rings. The minimum Gasteiger partial charge on any atom is -0.368 e. The van der Waals surface area contributed by atoms with Crippen LogP contribution in [-0.2, 0) is 9.59 Å². The van der Waals surface area contributed by atoms with Gasteiger partial charge >= 0.3 is 0 Å². The van der Waals surface area contributed by atoms with Gasteiger partial charge in [-0.3, -0.25) is 9.59 Å². The summed E-state index contributed by atoms with van der Waals surface area (Å²) in [5, 5.41) is 3.15. The molecule has 0 radical (unpaired) electrons. The van der Waals surface area contributed by atoms with Crippen molar-refractivity contribution < 1.29 is 9.59 Å². The van der Waals surface area contributed by atoms with Crippen LogP contribution in [0.25, 0.3) is 0 Å². The van der Waals surface area contributed by atoms with Crippen molar-refractivity contribution in [3.05, 3.63) is 30.3 Å². The molecule has 1 heterocycles. The van der Waals surface area contributed by atoms with E-state index in [1.165, 1.54) is 24.9 Å². The molecule has 1 aliphatic heterocycles. The average Bonchev–Trinajstić information content (AvgIpc) is 2.73. The average molecular weight is 396 g/mol. The second-order valence-corrected chi connectivity index (χ2v) is 9.91. The van der Waals surface area contributed by atoms with E-state index in [1.807, 2.05) is 11.0 Å². The van der Waals surface area contributed by atoms with E-state index in [9.17, 15) is 9.59 Å². The van der Waals surface area contributed by atoms with E-state index in [1.54, 1.807) is 0 Å². The number of hydrogen-bond acceptors (Lipinski definition) is 3. The van der Waals surface area contributed by atoms with Gasteiger partial charge in [-0.05, 0) is 68.4 Å². The van der Waals surface area contributed by atoms with Crippen LogP contribution in [0.2, 0.25) is 0 Å². The van der Waals surface area contributed by atoms with Crippen LogP contribution in [0.4, 0.5) is 5.69 Å². The molecule has 5 heteroatoms. The van der Waals surface area contributed by atoms with Crippen molar-refractivity contribution in [2.24, 2.45) is 23.2 Å². The zero-order valence-corrected chi connectivity index (χ0v) is 17.3. The highest BCUT2D eigenvalue weighted by molar-refractivity contribution is 5.84. The molecule has 1 aromatic carbocycles. The lowest BCUT2D eigenvalue weighted by Crippen LogP contribution is -2.54. The SMILES string of the molecule is O=C(CCNC(=O)C12CC3CC(CC(C3)C1)C2)N1CCN(c2ccccc2)CC1. The molecule has 6 rings (SSSR count). The number of piperazine rings is 1. The molecule has 0 unspecified atom stereocenters. The molecule has 5 fully saturated rings. The van der Waals surface area contributed by atoms with E-state index in [4.69, 9.17) is 0 Å². The third-order valence-electron chi connectivity index (χ3n) is 7.90. The topological polar surface area (TPSA) is 52.7 Å². The van der Waals surface area contributed by atoms with Crippen LogP contribution in [0.3, 0.4) is 0 Å². The maximum Gasteiger partial charge on any atom is 0.226 e. The molecule has 156 valence electrons. The number of nitrogens with zero attached hydrogens (tertiary/aromatic N) is 2. The fourth-order valence-electron chi connectivity index (χ4n) is 6.87. The van der Waals surface area contributed by atoms with Gasteiger partial charge < -0.3 is 15.1 Å². The first-order valence-electron chi connectivity index (χ1n) is 11.5. The van der Waals surface area contributed by atoms with Crippen molar-refractivity contribution in [3.8, 4) is 0 Å². The number of para-hydroxylation sites is 1. The van der Waals surface area contributed by atoms with Crippen molar-refractivity contribution in [3.63, 3.8) is 0 Å². The van der Waals surface area contributed by atoms with E-state index in [0.29, 0.717) is 13.0 Å². The normalized spacial score (nSPS) is 33.0. The molecule has 1 saturated heterocycles. The number of carbonyl (C=O) groups excluding carboxylic acids is 2. The smallest absolute Gasteiger partial charge is 0.226 e. The molecular formula is C24H33N3O2. The highest BCUT2D eigenvalue weighted by Crippen LogP contribution is 2.60. The van der Waals surface area contributed by atoms with Crippen molar-refractivity contribution in [2.45, 2.75) is 44.9 Å². The molecule has 5 nitrogen and oxygen atoms in total. The van der Waals surface area contributed by atoms with Crippen LogP contribution in [0.15, 0.2) is 30.3 Å². The summed E-state index contributed by atoms with van der Waals surface area (Å²) in [5.41, 5.74) is 1.11. The summed E-state index contributed by atoms with van der Waals surface area (Å²) in [6.07, 6.45) is 7.71. The quantitative estimate of drug-likeness (QED) is 0.834. The molecule has 0 aromatic heterocycles. The van der Waals surface area contributed by atoms with Crippen molar-refractivity contribution in [1.82, 2.24) is 10.2 Å². The van der Waals surface area contributed by atoms with Gasteiger partial charge in [0.05, 0.1) is 0 Å². The fraction of sp³-hybridized carbons (Fsp3) is 0.667. The Hall–Kier alpha value is -2.04. The molecular weight excluding hydrogens is 362 g/mol. The number of rotatable bonds is 5. The first kappa shape index (κ1) is 19.0. The first-order chi connectivity index (χ1) is 14.1. The Kier molecular flexibility index (Phi) is 5.00. The number of amides is 2. The van der Waals surface area contributed by atoms with Crippen molar-refractivity contribution in [2.75, 3.05) is 37.6 Å². The first-order valence-corrected chi connectivity index (χ1v) is 11.5.